The second-order valence-electron chi connectivity index (χ2n) is 4.46. The third kappa shape index (κ3) is 5.92. The summed E-state index contributed by atoms with van der Waals surface area (Å²) < 4.78 is 5.54. The Kier molecular flexibility index (Phi) is 8.30. The van der Waals surface area contributed by atoms with E-state index in [0.29, 0.717) is 14.9 Å². The van der Waals surface area contributed by atoms with Crippen molar-refractivity contribution in [3.63, 3.8) is 0 Å². The van der Waals surface area contributed by atoms with E-state index in [4.69, 9.17) is 33.7 Å². The number of nitrogens with two attached hydrogens (primary N) is 1. The van der Waals surface area contributed by atoms with Crippen molar-refractivity contribution >= 4 is 35.0 Å². The van der Waals surface area contributed by atoms with Gasteiger partial charge >= 0.3 is 0 Å². The quantitative estimate of drug-likeness (QED) is 0.416. The predicted molar refractivity (Wildman–Crippen MR) is 84.8 cm³/mol. The molecule has 0 spiro atoms. The van der Waals surface area contributed by atoms with Gasteiger partial charge in [-0.25, -0.2) is 0 Å². The molecule has 5 nitrogen and oxygen atoms in total. The van der Waals surface area contributed by atoms with Gasteiger partial charge in [-0.05, 0) is 25.1 Å². The molecule has 8 heteroatoms. The van der Waals surface area contributed by atoms with Crippen molar-refractivity contribution in [2.45, 2.75) is 35.6 Å². The van der Waals surface area contributed by atoms with Gasteiger partial charge in [0, 0.05) is 16.5 Å². The van der Waals surface area contributed by atoms with Gasteiger partial charge in [0.2, 0.25) is 0 Å². The van der Waals surface area contributed by atoms with E-state index >= 15 is 0 Å². The molecule has 0 fully saturated rings. The second kappa shape index (κ2) is 9.17. The first kappa shape index (κ1) is 19.0. The average Bonchev–Trinajstić information content (AvgIpc) is 2.45. The Morgan fingerprint density at radius 3 is 2.52 bits per heavy atom. The van der Waals surface area contributed by atoms with Gasteiger partial charge in [0.15, 0.2) is 0 Å². The van der Waals surface area contributed by atoms with Crippen molar-refractivity contribution < 1.29 is 20.1 Å². The molecule has 0 amide bonds. The molecule has 2 unspecified atom stereocenters. The number of hydrogen-bond acceptors (Lipinski definition) is 6. The normalized spacial score (nSPS) is 17.3. The summed E-state index contributed by atoms with van der Waals surface area (Å²) in [5.41, 5.74) is 4.67. The van der Waals surface area contributed by atoms with Crippen LogP contribution in [0.3, 0.4) is 0 Å². The van der Waals surface area contributed by atoms with Crippen molar-refractivity contribution in [3.8, 4) is 0 Å². The molecule has 0 heterocycles. The van der Waals surface area contributed by atoms with Crippen LogP contribution in [0.2, 0.25) is 10.0 Å². The van der Waals surface area contributed by atoms with Crippen molar-refractivity contribution in [1.82, 2.24) is 0 Å². The molecular weight excluding hydrogens is 337 g/mol. The number of aliphatic hydroxyl groups excluding tert-OH is 3. The van der Waals surface area contributed by atoms with Gasteiger partial charge in [-0.2, -0.15) is 0 Å². The fourth-order valence-electron chi connectivity index (χ4n) is 1.48. The maximum absolute atomic E-state index is 9.96. The highest BCUT2D eigenvalue weighted by molar-refractivity contribution is 8.00. The molecule has 1 aromatic rings. The summed E-state index contributed by atoms with van der Waals surface area (Å²) >= 11 is 13.1. The molecule has 21 heavy (non-hydrogen) atoms. The summed E-state index contributed by atoms with van der Waals surface area (Å²) in [7, 11) is 0. The van der Waals surface area contributed by atoms with Crippen LogP contribution in [0.15, 0.2) is 23.1 Å². The lowest BCUT2D eigenvalue weighted by Crippen LogP contribution is -2.40. The number of rotatable bonds is 8. The van der Waals surface area contributed by atoms with Crippen molar-refractivity contribution in [2.24, 2.45) is 5.73 Å². The van der Waals surface area contributed by atoms with Crippen LogP contribution >= 0.6 is 35.0 Å². The Hall–Kier alpha value is -0.0500. The van der Waals surface area contributed by atoms with E-state index in [-0.39, 0.29) is 13.2 Å². The maximum atomic E-state index is 9.96. The van der Waals surface area contributed by atoms with Crippen LogP contribution in [0.25, 0.3) is 0 Å². The topological polar surface area (TPSA) is 95.9 Å². The monoisotopic (exact) mass is 355 g/mol. The average molecular weight is 356 g/mol. The summed E-state index contributed by atoms with van der Waals surface area (Å²) in [5.74, 6) is 0. The van der Waals surface area contributed by atoms with Crippen LogP contribution in [0.4, 0.5) is 0 Å². The lowest BCUT2D eigenvalue weighted by Gasteiger charge is -2.28. The zero-order chi connectivity index (χ0) is 16.0. The van der Waals surface area contributed by atoms with Gasteiger partial charge in [0.25, 0.3) is 0 Å². The van der Waals surface area contributed by atoms with E-state index in [2.05, 4.69) is 0 Å². The Labute approximate surface area is 138 Å². The van der Waals surface area contributed by atoms with E-state index in [1.807, 2.05) is 0 Å². The van der Waals surface area contributed by atoms with Crippen molar-refractivity contribution in [2.75, 3.05) is 13.2 Å². The first-order chi connectivity index (χ1) is 9.88. The highest BCUT2D eigenvalue weighted by atomic mass is 35.5. The van der Waals surface area contributed by atoms with Gasteiger partial charge in [0.05, 0.1) is 17.7 Å². The molecule has 4 atom stereocenters. The minimum Gasteiger partial charge on any atom is -0.394 e. The van der Waals surface area contributed by atoms with Crippen LogP contribution in [-0.4, -0.2) is 52.2 Å². The molecule has 0 saturated carbocycles. The van der Waals surface area contributed by atoms with Gasteiger partial charge in [-0.15, -0.1) is 0 Å². The summed E-state index contributed by atoms with van der Waals surface area (Å²) in [4.78, 5) is 0.615. The highest BCUT2D eigenvalue weighted by Gasteiger charge is 2.27. The molecule has 0 aliphatic heterocycles. The molecule has 0 aromatic heterocycles. The van der Waals surface area contributed by atoms with Crippen LogP contribution in [0.1, 0.15) is 6.92 Å². The Morgan fingerprint density at radius 2 is 2.00 bits per heavy atom. The van der Waals surface area contributed by atoms with Gasteiger partial charge in [-0.1, -0.05) is 35.0 Å². The van der Waals surface area contributed by atoms with E-state index in [0.717, 1.165) is 11.8 Å². The van der Waals surface area contributed by atoms with Crippen molar-refractivity contribution in [1.29, 1.82) is 0 Å². The second-order valence-corrected chi connectivity index (χ2v) is 6.45. The SMILES string of the molecule is C[C@@H](O)C(CO)OC(Sc1cc(Cl)ccc1Cl)[C@@H](O)CN. The predicted octanol–water partition coefficient (Wildman–Crippen LogP) is 1.49. The van der Waals surface area contributed by atoms with Crippen LogP contribution < -0.4 is 5.73 Å². The molecule has 0 radical (unpaired) electrons. The zero-order valence-electron chi connectivity index (χ0n) is 11.4. The molecule has 120 valence electrons. The van der Waals surface area contributed by atoms with Crippen LogP contribution in [-0.2, 0) is 4.74 Å². The van der Waals surface area contributed by atoms with Crippen molar-refractivity contribution in [3.05, 3.63) is 28.2 Å². The first-order valence-electron chi connectivity index (χ1n) is 6.33. The molecule has 0 aliphatic rings. The standard InChI is InChI=1S/C13H19Cl2NO4S/c1-7(18)11(6-17)20-13(10(19)5-16)21-12-4-8(14)2-3-9(12)15/h2-4,7,10-11,13,17-19H,5-6,16H2,1H3/t7-,10+,11?,13?/m1/s1. The molecule has 1 aromatic carbocycles. The summed E-state index contributed by atoms with van der Waals surface area (Å²) in [6.07, 6.45) is -2.71. The van der Waals surface area contributed by atoms with Crippen LogP contribution in [0, 0.1) is 0 Å². The smallest absolute Gasteiger partial charge is 0.135 e. The zero-order valence-corrected chi connectivity index (χ0v) is 13.8. The maximum Gasteiger partial charge on any atom is 0.135 e. The Balaban J connectivity index is 2.90. The van der Waals surface area contributed by atoms with E-state index < -0.39 is 23.7 Å². The summed E-state index contributed by atoms with van der Waals surface area (Å²) in [6.45, 7) is 1.08. The molecule has 0 aliphatic carbocycles. The fourth-order valence-corrected chi connectivity index (χ4v) is 3.06. The molecule has 1 rings (SSSR count). The van der Waals surface area contributed by atoms with E-state index in [9.17, 15) is 15.3 Å². The lowest BCUT2D eigenvalue weighted by atomic mass is 10.2. The third-order valence-electron chi connectivity index (χ3n) is 2.72. The number of thioether (sulfide) groups is 1. The number of halogens is 2. The molecule has 5 N–H and O–H groups in total. The van der Waals surface area contributed by atoms with Gasteiger partial charge in [0.1, 0.15) is 17.6 Å². The first-order valence-corrected chi connectivity index (χ1v) is 7.96. The molecule has 0 saturated heterocycles. The molecular formula is C13H19Cl2NO4S. The number of ether oxygens (including phenoxy) is 1. The van der Waals surface area contributed by atoms with E-state index in [1.165, 1.54) is 6.92 Å². The fraction of sp³-hybridized carbons (Fsp3) is 0.538. The minimum absolute atomic E-state index is 0.0339. The number of aliphatic hydroxyl groups is 3. The van der Waals surface area contributed by atoms with Gasteiger partial charge in [-0.3, -0.25) is 0 Å². The summed E-state index contributed by atoms with van der Waals surface area (Å²) in [5, 5.41) is 29.6. The Bertz CT molecular complexity index is 450. The molecule has 0 bridgehead atoms. The Morgan fingerprint density at radius 1 is 1.33 bits per heavy atom. The largest absolute Gasteiger partial charge is 0.394 e. The van der Waals surface area contributed by atoms with E-state index in [1.54, 1.807) is 18.2 Å². The minimum atomic E-state index is -0.988. The summed E-state index contributed by atoms with van der Waals surface area (Å²) in [6, 6.07) is 4.93. The van der Waals surface area contributed by atoms with Gasteiger partial charge < -0.3 is 25.8 Å². The number of hydrogen-bond donors (Lipinski definition) is 4. The number of benzene rings is 1. The third-order valence-corrected chi connectivity index (χ3v) is 4.64. The van der Waals surface area contributed by atoms with Crippen LogP contribution in [0.5, 0.6) is 0 Å². The highest BCUT2D eigenvalue weighted by Crippen LogP contribution is 2.34. The lowest BCUT2D eigenvalue weighted by molar-refractivity contribution is -0.0926.